The molecule has 0 rings (SSSR count). The molecule has 0 aliphatic heterocycles. The van der Waals surface area contributed by atoms with E-state index in [0.29, 0.717) is 19.3 Å². The molecule has 6 nitrogen and oxygen atoms in total. The lowest BCUT2D eigenvalue weighted by molar-refractivity contribution is -0.166. The minimum absolute atomic E-state index is 0.0982. The largest absolute Gasteiger partial charge is 0.462 e. The highest BCUT2D eigenvalue weighted by atomic mass is 16.6. The van der Waals surface area contributed by atoms with Gasteiger partial charge in [0, 0.05) is 19.3 Å². The minimum atomic E-state index is -0.807. The van der Waals surface area contributed by atoms with Crippen LogP contribution in [0.5, 0.6) is 0 Å². The predicted molar refractivity (Wildman–Crippen MR) is 302 cm³/mol. The molecule has 0 aliphatic rings. The van der Waals surface area contributed by atoms with E-state index in [4.69, 9.17) is 14.2 Å². The smallest absolute Gasteiger partial charge is 0.306 e. The zero-order valence-electron chi connectivity index (χ0n) is 46.3. The van der Waals surface area contributed by atoms with Crippen LogP contribution in [0.25, 0.3) is 0 Å². The Morgan fingerprint density at radius 3 is 0.986 bits per heavy atom. The molecule has 1 atom stereocenters. The second-order valence-corrected chi connectivity index (χ2v) is 19.9. The summed E-state index contributed by atoms with van der Waals surface area (Å²) < 4.78 is 16.8. The third-order valence-electron chi connectivity index (χ3n) is 13.0. The van der Waals surface area contributed by atoms with Crippen molar-refractivity contribution in [1.29, 1.82) is 0 Å². The molecule has 0 aromatic carbocycles. The maximum Gasteiger partial charge on any atom is 0.306 e. The van der Waals surface area contributed by atoms with Gasteiger partial charge in [0.05, 0.1) is 0 Å². The summed E-state index contributed by atoms with van der Waals surface area (Å²) in [7, 11) is 0. The summed E-state index contributed by atoms with van der Waals surface area (Å²) in [5.74, 6) is -0.980. The fourth-order valence-electron chi connectivity index (χ4n) is 8.49. The first-order valence-corrected chi connectivity index (χ1v) is 29.9. The molecule has 0 radical (unpaired) electrons. The van der Waals surface area contributed by atoms with Crippen LogP contribution in [0, 0.1) is 0 Å². The van der Waals surface area contributed by atoms with Gasteiger partial charge in [-0.1, -0.05) is 273 Å². The Hall–Kier alpha value is -3.15. The molecule has 70 heavy (non-hydrogen) atoms. The highest BCUT2D eigenvalue weighted by Gasteiger charge is 2.19. The van der Waals surface area contributed by atoms with Crippen molar-refractivity contribution in [3.05, 3.63) is 72.9 Å². The topological polar surface area (TPSA) is 78.9 Å². The van der Waals surface area contributed by atoms with Gasteiger partial charge in [-0.25, -0.2) is 0 Å². The molecule has 0 N–H and O–H groups in total. The molecule has 0 aliphatic carbocycles. The van der Waals surface area contributed by atoms with Crippen LogP contribution in [0.2, 0.25) is 0 Å². The molecule has 0 saturated heterocycles. The summed E-state index contributed by atoms with van der Waals surface area (Å²) in [6.45, 7) is 6.46. The van der Waals surface area contributed by atoms with Crippen molar-refractivity contribution >= 4 is 17.9 Å². The number of esters is 3. The molecule has 0 spiro atoms. The summed E-state index contributed by atoms with van der Waals surface area (Å²) >= 11 is 0. The van der Waals surface area contributed by atoms with Crippen molar-refractivity contribution in [1.82, 2.24) is 0 Å². The molecule has 0 bridgehead atoms. The quantitative estimate of drug-likeness (QED) is 0.0261. The number of carbonyl (C=O) groups is 3. The summed E-state index contributed by atoms with van der Waals surface area (Å²) in [5, 5.41) is 0. The third-order valence-corrected chi connectivity index (χ3v) is 13.0. The van der Waals surface area contributed by atoms with E-state index in [1.165, 1.54) is 173 Å². The molecule has 0 aromatic rings. The van der Waals surface area contributed by atoms with Gasteiger partial charge >= 0.3 is 17.9 Å². The Bertz CT molecular complexity index is 1310. The predicted octanol–water partition coefficient (Wildman–Crippen LogP) is 20.2. The zero-order valence-corrected chi connectivity index (χ0v) is 46.3. The van der Waals surface area contributed by atoms with Gasteiger partial charge < -0.3 is 14.2 Å². The molecule has 0 aromatic heterocycles. The van der Waals surface area contributed by atoms with Crippen molar-refractivity contribution in [2.75, 3.05) is 13.2 Å². The van der Waals surface area contributed by atoms with E-state index in [9.17, 15) is 14.4 Å². The number of unbranched alkanes of at least 4 members (excludes halogenated alkanes) is 31. The average molecular weight is 978 g/mol. The van der Waals surface area contributed by atoms with Crippen molar-refractivity contribution < 1.29 is 28.6 Å². The number of ether oxygens (including phenoxy) is 3. The highest BCUT2D eigenvalue weighted by molar-refractivity contribution is 5.71. The normalized spacial score (nSPS) is 12.6. The van der Waals surface area contributed by atoms with E-state index in [0.717, 1.165) is 77.0 Å². The lowest BCUT2D eigenvalue weighted by Gasteiger charge is -2.18. The van der Waals surface area contributed by atoms with Gasteiger partial charge in [-0.05, 0) is 77.0 Å². The SMILES string of the molecule is CC/C=C\C/C=C\C/C=C\C/C=C\CCC(=O)OCC(COC(=O)CCCCCCCCCCCCCCCCCCCCCCCC)OC(=O)CCCCCCCCC/C=C\C/C=C\CCCCC. The Kier molecular flexibility index (Phi) is 55.8. The van der Waals surface area contributed by atoms with Crippen molar-refractivity contribution in [3.63, 3.8) is 0 Å². The van der Waals surface area contributed by atoms with Crippen LogP contribution in [-0.4, -0.2) is 37.2 Å². The van der Waals surface area contributed by atoms with Gasteiger partial charge in [0.1, 0.15) is 13.2 Å². The summed E-state index contributed by atoms with van der Waals surface area (Å²) in [5.41, 5.74) is 0. The lowest BCUT2D eigenvalue weighted by atomic mass is 10.0. The lowest BCUT2D eigenvalue weighted by Crippen LogP contribution is -2.30. The molecule has 1 unspecified atom stereocenters. The van der Waals surface area contributed by atoms with Crippen LogP contribution in [-0.2, 0) is 28.6 Å². The molecular formula is C64H112O6. The van der Waals surface area contributed by atoms with Crippen LogP contribution >= 0.6 is 0 Å². The third kappa shape index (κ3) is 55.8. The first-order chi connectivity index (χ1) is 34.5. The zero-order chi connectivity index (χ0) is 50.7. The molecule has 6 heteroatoms. The van der Waals surface area contributed by atoms with Crippen molar-refractivity contribution in [3.8, 4) is 0 Å². The van der Waals surface area contributed by atoms with Gasteiger partial charge in [0.15, 0.2) is 6.10 Å². The van der Waals surface area contributed by atoms with Crippen LogP contribution in [0.3, 0.4) is 0 Å². The fourth-order valence-corrected chi connectivity index (χ4v) is 8.49. The Balaban J connectivity index is 4.35. The maximum atomic E-state index is 12.9. The first kappa shape index (κ1) is 66.9. The first-order valence-electron chi connectivity index (χ1n) is 29.9. The molecule has 0 heterocycles. The van der Waals surface area contributed by atoms with Gasteiger partial charge in [0.25, 0.3) is 0 Å². The summed E-state index contributed by atoms with van der Waals surface area (Å²) in [6.07, 6.45) is 74.9. The number of hydrogen-bond acceptors (Lipinski definition) is 6. The number of rotatable bonds is 54. The maximum absolute atomic E-state index is 12.9. The Labute approximate surface area is 433 Å². The van der Waals surface area contributed by atoms with E-state index in [-0.39, 0.29) is 37.5 Å². The number of carbonyl (C=O) groups excluding carboxylic acids is 3. The average Bonchev–Trinajstić information content (AvgIpc) is 3.36. The van der Waals surface area contributed by atoms with Gasteiger partial charge in [-0.2, -0.15) is 0 Å². The Morgan fingerprint density at radius 2 is 0.586 bits per heavy atom. The molecular weight excluding hydrogens is 865 g/mol. The van der Waals surface area contributed by atoms with E-state index < -0.39 is 6.10 Å². The summed E-state index contributed by atoms with van der Waals surface area (Å²) in [6, 6.07) is 0. The van der Waals surface area contributed by atoms with Gasteiger partial charge in [-0.15, -0.1) is 0 Å². The molecule has 0 amide bonds. The van der Waals surface area contributed by atoms with Crippen LogP contribution in [0.15, 0.2) is 72.9 Å². The van der Waals surface area contributed by atoms with E-state index in [1.807, 2.05) is 6.08 Å². The minimum Gasteiger partial charge on any atom is -0.462 e. The van der Waals surface area contributed by atoms with Crippen LogP contribution in [0.1, 0.15) is 297 Å². The Morgan fingerprint density at radius 1 is 0.300 bits per heavy atom. The van der Waals surface area contributed by atoms with Crippen LogP contribution < -0.4 is 0 Å². The summed E-state index contributed by atoms with van der Waals surface area (Å²) in [4.78, 5) is 38.1. The fraction of sp³-hybridized carbons (Fsp3) is 0.766. The monoisotopic (exact) mass is 977 g/mol. The number of hydrogen-bond donors (Lipinski definition) is 0. The second-order valence-electron chi connectivity index (χ2n) is 19.9. The molecule has 404 valence electrons. The van der Waals surface area contributed by atoms with Crippen molar-refractivity contribution in [2.45, 2.75) is 303 Å². The standard InChI is InChI=1S/C64H112O6/c1-4-7-10-13-16-19-22-25-27-29-30-31-32-33-35-36-39-42-45-48-51-54-57-63(66)69-60-61(59-68-62(65)56-53-50-47-44-41-38-24-21-18-15-12-9-6-3)70-64(67)58-55-52-49-46-43-40-37-34-28-26-23-20-17-14-11-8-5-2/h9,12,17-18,20-21,26,28,38,41,47,50,61H,4-8,10-11,13-16,19,22-25,27,29-37,39-40,42-46,48-49,51-60H2,1-3H3/b12-9-,20-17-,21-18-,28-26-,41-38-,50-47-. The highest BCUT2D eigenvalue weighted by Crippen LogP contribution is 2.17. The van der Waals surface area contributed by atoms with Gasteiger partial charge in [-0.3, -0.25) is 14.4 Å². The van der Waals surface area contributed by atoms with E-state index >= 15 is 0 Å². The molecule has 0 fully saturated rings. The van der Waals surface area contributed by atoms with E-state index in [2.05, 4.69) is 87.6 Å². The van der Waals surface area contributed by atoms with Crippen LogP contribution in [0.4, 0.5) is 0 Å². The molecule has 0 saturated carbocycles. The second kappa shape index (κ2) is 58.4. The van der Waals surface area contributed by atoms with Crippen molar-refractivity contribution in [2.24, 2.45) is 0 Å². The van der Waals surface area contributed by atoms with E-state index in [1.54, 1.807) is 0 Å². The van der Waals surface area contributed by atoms with Gasteiger partial charge in [0.2, 0.25) is 0 Å². The number of allylic oxidation sites excluding steroid dienone is 12.